The van der Waals surface area contributed by atoms with E-state index in [1.165, 1.54) is 148 Å². The van der Waals surface area contributed by atoms with Crippen LogP contribution in [0.1, 0.15) is 219 Å². The summed E-state index contributed by atoms with van der Waals surface area (Å²) in [5.74, 6) is -0.596. The van der Waals surface area contributed by atoms with E-state index in [2.05, 4.69) is 38.2 Å². The first-order valence-corrected chi connectivity index (χ1v) is 20.9. The van der Waals surface area contributed by atoms with Gasteiger partial charge in [0.1, 0.15) is 6.61 Å². The van der Waals surface area contributed by atoms with Crippen LogP contribution in [-0.4, -0.2) is 36.4 Å². The minimum Gasteiger partial charge on any atom is -0.462 e. The number of allylic oxidation sites excluding steroid dienone is 4. The molecule has 0 rings (SSSR count). The molecular weight excluding hydrogens is 596 g/mol. The molecule has 5 nitrogen and oxygen atoms in total. The number of hydrogen-bond acceptors (Lipinski definition) is 5. The lowest BCUT2D eigenvalue weighted by Crippen LogP contribution is -2.28. The van der Waals surface area contributed by atoms with Crippen LogP contribution in [0.5, 0.6) is 0 Å². The summed E-state index contributed by atoms with van der Waals surface area (Å²) in [4.78, 5) is 24.3. The van der Waals surface area contributed by atoms with Crippen LogP contribution < -0.4 is 0 Å². The molecule has 282 valence electrons. The fourth-order valence-electron chi connectivity index (χ4n) is 6.01. The first-order valence-electron chi connectivity index (χ1n) is 20.9. The molecule has 0 aromatic rings. The van der Waals surface area contributed by atoms with Gasteiger partial charge in [0.05, 0.1) is 6.61 Å². The van der Waals surface area contributed by atoms with Gasteiger partial charge in [0, 0.05) is 12.8 Å². The first kappa shape index (κ1) is 46.4. The zero-order valence-corrected chi connectivity index (χ0v) is 32.0. The Balaban J connectivity index is 3.53. The van der Waals surface area contributed by atoms with Gasteiger partial charge in [0.25, 0.3) is 0 Å². The highest BCUT2D eigenvalue weighted by molar-refractivity contribution is 5.70. The normalized spacial score (nSPS) is 12.3. The summed E-state index contributed by atoms with van der Waals surface area (Å²) >= 11 is 0. The van der Waals surface area contributed by atoms with Gasteiger partial charge in [0.15, 0.2) is 6.10 Å². The van der Waals surface area contributed by atoms with E-state index in [1.54, 1.807) is 0 Å². The number of rotatable bonds is 38. The van der Waals surface area contributed by atoms with Crippen LogP contribution in [0.15, 0.2) is 24.3 Å². The van der Waals surface area contributed by atoms with Crippen molar-refractivity contribution in [1.29, 1.82) is 0 Å². The predicted octanol–water partition coefficient (Wildman–Crippen LogP) is 13.1. The fraction of sp³-hybridized carbons (Fsp3) is 0.860. The number of carbonyl (C=O) groups is 2. The quantitative estimate of drug-likeness (QED) is 0.0400. The third-order valence-electron chi connectivity index (χ3n) is 9.22. The van der Waals surface area contributed by atoms with Gasteiger partial charge in [-0.3, -0.25) is 9.59 Å². The SMILES string of the molecule is CCCCCCCC/C=C\CCCCCCCCCCCC(=O)OC(CO)COC(=O)CCCCCCC/C=C\CCCCCCCC. The van der Waals surface area contributed by atoms with E-state index in [4.69, 9.17) is 9.47 Å². The van der Waals surface area contributed by atoms with E-state index >= 15 is 0 Å². The standard InChI is InChI=1S/C43H80O5/c1-3-5-7-9-11-13-15-17-19-20-21-22-24-26-28-30-32-34-36-38-43(46)48-41(39-44)40-47-42(45)37-35-33-31-29-27-25-23-18-16-14-12-10-8-6-4-2/h17-19,23,41,44H,3-16,20-22,24-40H2,1-2H3/b19-17-,23-18-. The number of carbonyl (C=O) groups excluding carboxylic acids is 2. The Bertz CT molecular complexity index is 731. The first-order chi connectivity index (χ1) is 23.6. The number of aliphatic hydroxyl groups is 1. The van der Waals surface area contributed by atoms with Crippen molar-refractivity contribution in [3.8, 4) is 0 Å². The lowest BCUT2D eigenvalue weighted by atomic mass is 10.1. The van der Waals surface area contributed by atoms with Crippen molar-refractivity contribution >= 4 is 11.9 Å². The molecule has 0 radical (unpaired) electrons. The number of ether oxygens (including phenoxy) is 2. The van der Waals surface area contributed by atoms with E-state index in [-0.39, 0.29) is 25.2 Å². The summed E-state index contributed by atoms with van der Waals surface area (Å²) in [7, 11) is 0. The van der Waals surface area contributed by atoms with Crippen LogP contribution in [0.4, 0.5) is 0 Å². The fourth-order valence-corrected chi connectivity index (χ4v) is 6.01. The molecule has 1 atom stereocenters. The van der Waals surface area contributed by atoms with Gasteiger partial charge in [-0.05, 0) is 64.2 Å². The lowest BCUT2D eigenvalue weighted by molar-refractivity contribution is -0.161. The molecule has 5 heteroatoms. The molecule has 0 bridgehead atoms. The molecule has 0 aliphatic rings. The predicted molar refractivity (Wildman–Crippen MR) is 205 cm³/mol. The molecule has 0 amide bonds. The molecule has 0 saturated heterocycles. The van der Waals surface area contributed by atoms with E-state index in [1.807, 2.05) is 0 Å². The van der Waals surface area contributed by atoms with Crippen molar-refractivity contribution in [2.24, 2.45) is 0 Å². The van der Waals surface area contributed by atoms with Crippen LogP contribution >= 0.6 is 0 Å². The average molecular weight is 677 g/mol. The average Bonchev–Trinajstić information content (AvgIpc) is 3.09. The molecule has 0 saturated carbocycles. The smallest absolute Gasteiger partial charge is 0.306 e. The Morgan fingerprint density at radius 2 is 0.771 bits per heavy atom. The molecular formula is C43H80O5. The van der Waals surface area contributed by atoms with E-state index < -0.39 is 6.10 Å². The van der Waals surface area contributed by atoms with E-state index in [0.29, 0.717) is 12.8 Å². The molecule has 0 aliphatic heterocycles. The summed E-state index contributed by atoms with van der Waals surface area (Å²) in [6, 6.07) is 0. The number of hydrogen-bond donors (Lipinski definition) is 1. The van der Waals surface area contributed by atoms with Crippen LogP contribution in [0.25, 0.3) is 0 Å². The topological polar surface area (TPSA) is 72.8 Å². The Morgan fingerprint density at radius 1 is 0.458 bits per heavy atom. The second kappa shape index (κ2) is 39.8. The van der Waals surface area contributed by atoms with Gasteiger partial charge in [-0.25, -0.2) is 0 Å². The van der Waals surface area contributed by atoms with Gasteiger partial charge in [-0.2, -0.15) is 0 Å². The second-order valence-electron chi connectivity index (χ2n) is 14.1. The lowest BCUT2D eigenvalue weighted by Gasteiger charge is -2.15. The monoisotopic (exact) mass is 677 g/mol. The molecule has 0 heterocycles. The highest BCUT2D eigenvalue weighted by Crippen LogP contribution is 2.14. The van der Waals surface area contributed by atoms with Gasteiger partial charge >= 0.3 is 11.9 Å². The zero-order chi connectivity index (χ0) is 35.0. The second-order valence-corrected chi connectivity index (χ2v) is 14.1. The molecule has 48 heavy (non-hydrogen) atoms. The Kier molecular flexibility index (Phi) is 38.5. The number of esters is 2. The maximum atomic E-state index is 12.2. The third kappa shape index (κ3) is 37.2. The highest BCUT2D eigenvalue weighted by atomic mass is 16.6. The minimum absolute atomic E-state index is 0.0678. The van der Waals surface area contributed by atoms with Gasteiger partial charge < -0.3 is 14.6 Å². The minimum atomic E-state index is -0.772. The van der Waals surface area contributed by atoms with Crippen LogP contribution in [-0.2, 0) is 19.1 Å². The maximum absolute atomic E-state index is 12.2. The van der Waals surface area contributed by atoms with E-state index in [9.17, 15) is 14.7 Å². The molecule has 0 aromatic heterocycles. The summed E-state index contributed by atoms with van der Waals surface area (Å²) in [5.41, 5.74) is 0. The van der Waals surface area contributed by atoms with Crippen LogP contribution in [0.2, 0.25) is 0 Å². The highest BCUT2D eigenvalue weighted by Gasteiger charge is 2.16. The molecule has 1 unspecified atom stereocenters. The maximum Gasteiger partial charge on any atom is 0.306 e. The van der Waals surface area contributed by atoms with Gasteiger partial charge in [-0.1, -0.05) is 167 Å². The van der Waals surface area contributed by atoms with Crippen LogP contribution in [0, 0.1) is 0 Å². The summed E-state index contributed by atoms with van der Waals surface area (Å²) in [6.07, 6.45) is 46.7. The van der Waals surface area contributed by atoms with Gasteiger partial charge in [0.2, 0.25) is 0 Å². The van der Waals surface area contributed by atoms with Crippen molar-refractivity contribution in [2.75, 3.05) is 13.2 Å². The Hall–Kier alpha value is -1.62. The summed E-state index contributed by atoms with van der Waals surface area (Å²) < 4.78 is 10.6. The number of unbranched alkanes of at least 4 members (excludes halogenated alkanes) is 26. The molecule has 0 aliphatic carbocycles. The third-order valence-corrected chi connectivity index (χ3v) is 9.22. The van der Waals surface area contributed by atoms with Crippen molar-refractivity contribution in [3.63, 3.8) is 0 Å². The van der Waals surface area contributed by atoms with Gasteiger partial charge in [-0.15, -0.1) is 0 Å². The molecule has 1 N–H and O–H groups in total. The summed E-state index contributed by atoms with van der Waals surface area (Å²) in [5, 5.41) is 9.56. The molecule has 0 fully saturated rings. The van der Waals surface area contributed by atoms with Crippen molar-refractivity contribution in [2.45, 2.75) is 225 Å². The largest absolute Gasteiger partial charge is 0.462 e. The van der Waals surface area contributed by atoms with Crippen molar-refractivity contribution < 1.29 is 24.2 Å². The molecule has 0 aromatic carbocycles. The van der Waals surface area contributed by atoms with Crippen molar-refractivity contribution in [1.82, 2.24) is 0 Å². The van der Waals surface area contributed by atoms with Crippen molar-refractivity contribution in [3.05, 3.63) is 24.3 Å². The number of aliphatic hydroxyl groups excluding tert-OH is 1. The zero-order valence-electron chi connectivity index (χ0n) is 32.0. The summed E-state index contributed by atoms with van der Waals surface area (Å²) in [6.45, 7) is 4.13. The Labute approximate surface area is 298 Å². The molecule has 0 spiro atoms. The van der Waals surface area contributed by atoms with Crippen LogP contribution in [0.3, 0.4) is 0 Å². The van der Waals surface area contributed by atoms with E-state index in [0.717, 1.165) is 44.9 Å². The Morgan fingerprint density at radius 3 is 1.12 bits per heavy atom.